The number of nitrogens with zero attached hydrogens (tertiary/aromatic N) is 1. The molecule has 1 rings (SSSR count). The normalized spacial score (nSPS) is 10.4. The summed E-state index contributed by atoms with van der Waals surface area (Å²) in [7, 11) is 3.37. The van der Waals surface area contributed by atoms with Crippen LogP contribution < -0.4 is 4.74 Å². The molecule has 0 N–H and O–H groups in total. The van der Waals surface area contributed by atoms with Gasteiger partial charge in [-0.05, 0) is 25.6 Å². The molecule has 0 amide bonds. The van der Waals surface area contributed by atoms with Gasteiger partial charge >= 0.3 is 5.97 Å². The summed E-state index contributed by atoms with van der Waals surface area (Å²) >= 11 is 0. The van der Waals surface area contributed by atoms with Crippen molar-refractivity contribution in [1.29, 1.82) is 0 Å². The highest BCUT2D eigenvalue weighted by Gasteiger charge is 2.04. The second kappa shape index (κ2) is 7.71. The fraction of sp³-hybridized carbons (Fsp3) is 0.500. The van der Waals surface area contributed by atoms with Crippen LogP contribution >= 0.6 is 0 Å². The lowest BCUT2D eigenvalue weighted by molar-refractivity contribution is -0.140. The van der Waals surface area contributed by atoms with E-state index in [4.69, 9.17) is 4.74 Å². The highest BCUT2D eigenvalue weighted by Crippen LogP contribution is 2.15. The van der Waals surface area contributed by atoms with E-state index in [0.29, 0.717) is 19.6 Å². The zero-order chi connectivity index (χ0) is 13.4. The highest BCUT2D eigenvalue weighted by molar-refractivity contribution is 5.69. The summed E-state index contributed by atoms with van der Waals surface area (Å²) in [6, 6.07) is 7.94. The number of rotatable bonds is 7. The molecule has 0 aromatic heterocycles. The van der Waals surface area contributed by atoms with Gasteiger partial charge in [-0.1, -0.05) is 18.2 Å². The molecular weight excluding hydrogens is 230 g/mol. The first kappa shape index (κ1) is 14.5. The predicted octanol–water partition coefficient (Wildman–Crippen LogP) is 1.87. The van der Waals surface area contributed by atoms with Crippen LogP contribution in [0.5, 0.6) is 5.75 Å². The van der Waals surface area contributed by atoms with E-state index in [-0.39, 0.29) is 5.97 Å². The van der Waals surface area contributed by atoms with Crippen molar-refractivity contribution in [1.82, 2.24) is 4.90 Å². The van der Waals surface area contributed by atoms with Crippen molar-refractivity contribution in [3.63, 3.8) is 0 Å². The number of ether oxygens (including phenoxy) is 2. The monoisotopic (exact) mass is 251 g/mol. The van der Waals surface area contributed by atoms with Crippen molar-refractivity contribution in [2.75, 3.05) is 33.9 Å². The van der Waals surface area contributed by atoms with Crippen LogP contribution in [0.4, 0.5) is 0 Å². The molecule has 0 spiro atoms. The molecule has 1 aromatic carbocycles. The minimum absolute atomic E-state index is 0.179. The minimum atomic E-state index is -0.179. The average molecular weight is 251 g/mol. The topological polar surface area (TPSA) is 38.8 Å². The number of benzene rings is 1. The van der Waals surface area contributed by atoms with Gasteiger partial charge in [-0.25, -0.2) is 0 Å². The van der Waals surface area contributed by atoms with Crippen LogP contribution in [0.15, 0.2) is 24.3 Å². The highest BCUT2D eigenvalue weighted by atomic mass is 16.5. The first-order valence-electron chi connectivity index (χ1n) is 6.07. The third-order valence-corrected chi connectivity index (χ3v) is 2.75. The van der Waals surface area contributed by atoms with Crippen molar-refractivity contribution in [2.45, 2.75) is 13.3 Å². The van der Waals surface area contributed by atoms with Gasteiger partial charge in [0.1, 0.15) is 12.4 Å². The van der Waals surface area contributed by atoms with Gasteiger partial charge in [0.15, 0.2) is 0 Å². The van der Waals surface area contributed by atoms with Gasteiger partial charge in [0.25, 0.3) is 0 Å². The van der Waals surface area contributed by atoms with Crippen molar-refractivity contribution < 1.29 is 14.3 Å². The molecule has 0 heterocycles. The second-order valence-corrected chi connectivity index (χ2v) is 4.24. The second-order valence-electron chi connectivity index (χ2n) is 4.24. The first-order chi connectivity index (χ1) is 8.63. The van der Waals surface area contributed by atoms with Gasteiger partial charge in [-0.15, -0.1) is 0 Å². The van der Waals surface area contributed by atoms with Gasteiger partial charge < -0.3 is 14.4 Å². The summed E-state index contributed by atoms with van der Waals surface area (Å²) in [6.07, 6.45) is 0.414. The lowest BCUT2D eigenvalue weighted by Crippen LogP contribution is -2.27. The van der Waals surface area contributed by atoms with E-state index in [2.05, 4.69) is 9.64 Å². The number of carbonyl (C=O) groups excluding carboxylic acids is 1. The van der Waals surface area contributed by atoms with Crippen molar-refractivity contribution >= 4 is 5.97 Å². The van der Waals surface area contributed by atoms with Gasteiger partial charge in [0.05, 0.1) is 13.5 Å². The van der Waals surface area contributed by atoms with E-state index < -0.39 is 0 Å². The predicted molar refractivity (Wildman–Crippen MR) is 70.8 cm³/mol. The van der Waals surface area contributed by atoms with Crippen LogP contribution in [0.3, 0.4) is 0 Å². The summed E-state index contributed by atoms with van der Waals surface area (Å²) in [5, 5.41) is 0. The molecule has 0 aliphatic carbocycles. The van der Waals surface area contributed by atoms with E-state index in [0.717, 1.165) is 17.9 Å². The van der Waals surface area contributed by atoms with Gasteiger partial charge in [-0.3, -0.25) is 4.79 Å². The fourth-order valence-corrected chi connectivity index (χ4v) is 1.53. The smallest absolute Gasteiger partial charge is 0.306 e. The first-order valence-corrected chi connectivity index (χ1v) is 6.07. The summed E-state index contributed by atoms with van der Waals surface area (Å²) in [6.45, 7) is 4.11. The van der Waals surface area contributed by atoms with E-state index in [1.54, 1.807) is 0 Å². The van der Waals surface area contributed by atoms with E-state index in [1.165, 1.54) is 7.11 Å². The standard InChI is InChI=1S/C14H21NO3/c1-12-6-4-5-7-13(12)18-11-10-15(2)9-8-14(16)17-3/h4-7H,8-11H2,1-3H3. The van der Waals surface area contributed by atoms with Crippen molar-refractivity contribution in [3.8, 4) is 5.75 Å². The number of hydrogen-bond acceptors (Lipinski definition) is 4. The SMILES string of the molecule is COC(=O)CCN(C)CCOc1ccccc1C. The molecule has 0 bridgehead atoms. The molecule has 1 aromatic rings. The van der Waals surface area contributed by atoms with Crippen LogP contribution in [-0.4, -0.2) is 44.7 Å². The van der Waals surface area contributed by atoms with E-state index in [9.17, 15) is 4.79 Å². The van der Waals surface area contributed by atoms with E-state index >= 15 is 0 Å². The molecule has 0 saturated carbocycles. The Balaban J connectivity index is 2.21. The molecule has 0 atom stereocenters. The molecular formula is C14H21NO3. The maximum Gasteiger partial charge on any atom is 0.306 e. The quantitative estimate of drug-likeness (QED) is 0.693. The zero-order valence-electron chi connectivity index (χ0n) is 11.3. The molecule has 0 radical (unpaired) electrons. The maximum absolute atomic E-state index is 11.0. The molecule has 0 aliphatic heterocycles. The van der Waals surface area contributed by atoms with Crippen LogP contribution in [-0.2, 0) is 9.53 Å². The fourth-order valence-electron chi connectivity index (χ4n) is 1.53. The van der Waals surface area contributed by atoms with Crippen molar-refractivity contribution in [2.24, 2.45) is 0 Å². The number of carbonyl (C=O) groups is 1. The Bertz CT molecular complexity index is 379. The maximum atomic E-state index is 11.0. The number of esters is 1. The molecule has 4 heteroatoms. The third-order valence-electron chi connectivity index (χ3n) is 2.75. The number of aryl methyl sites for hydroxylation is 1. The lowest BCUT2D eigenvalue weighted by Gasteiger charge is -2.16. The number of likely N-dealkylation sites (N-methyl/N-ethyl adjacent to an activating group) is 1. The van der Waals surface area contributed by atoms with Crippen LogP contribution in [0.1, 0.15) is 12.0 Å². The molecule has 4 nitrogen and oxygen atoms in total. The molecule has 0 unspecified atom stereocenters. The molecule has 18 heavy (non-hydrogen) atoms. The van der Waals surface area contributed by atoms with Crippen LogP contribution in [0, 0.1) is 6.92 Å². The van der Waals surface area contributed by atoms with Gasteiger partial charge in [0, 0.05) is 13.1 Å². The molecule has 0 fully saturated rings. The van der Waals surface area contributed by atoms with Crippen LogP contribution in [0.25, 0.3) is 0 Å². The van der Waals surface area contributed by atoms with E-state index in [1.807, 2.05) is 38.2 Å². The third kappa shape index (κ3) is 5.19. The molecule has 100 valence electrons. The molecule has 0 aliphatic rings. The Kier molecular flexibility index (Phi) is 6.22. The van der Waals surface area contributed by atoms with Crippen molar-refractivity contribution in [3.05, 3.63) is 29.8 Å². The number of hydrogen-bond donors (Lipinski definition) is 0. The largest absolute Gasteiger partial charge is 0.492 e. The summed E-state index contributed by atoms with van der Waals surface area (Å²) in [5.41, 5.74) is 1.13. The Labute approximate surface area is 108 Å². The molecule has 0 saturated heterocycles. The lowest BCUT2D eigenvalue weighted by atomic mass is 10.2. The Morgan fingerprint density at radius 2 is 2.00 bits per heavy atom. The Hall–Kier alpha value is -1.55. The summed E-state index contributed by atoms with van der Waals surface area (Å²) in [5.74, 6) is 0.737. The Morgan fingerprint density at radius 1 is 1.28 bits per heavy atom. The zero-order valence-corrected chi connectivity index (χ0v) is 11.3. The Morgan fingerprint density at radius 3 is 2.67 bits per heavy atom. The summed E-state index contributed by atoms with van der Waals surface area (Å²) in [4.78, 5) is 13.0. The number of methoxy groups -OCH3 is 1. The van der Waals surface area contributed by atoms with Crippen LogP contribution in [0.2, 0.25) is 0 Å². The van der Waals surface area contributed by atoms with Gasteiger partial charge in [0.2, 0.25) is 0 Å². The summed E-state index contributed by atoms with van der Waals surface area (Å²) < 4.78 is 10.3. The van der Waals surface area contributed by atoms with Gasteiger partial charge in [-0.2, -0.15) is 0 Å². The minimum Gasteiger partial charge on any atom is -0.492 e. The average Bonchev–Trinajstić information content (AvgIpc) is 2.38. The number of para-hydroxylation sites is 1.